The van der Waals surface area contributed by atoms with E-state index in [1.807, 2.05) is 6.08 Å². The average Bonchev–Trinajstić information content (AvgIpc) is 3.25. The molecular weight excluding hydrogens is 309 g/mol. The topological polar surface area (TPSA) is 74.7 Å². The highest BCUT2D eigenvalue weighted by Crippen LogP contribution is 2.51. The molecule has 2 aliphatic rings. The summed E-state index contributed by atoms with van der Waals surface area (Å²) in [4.78, 5) is 10.4. The van der Waals surface area contributed by atoms with Gasteiger partial charge in [0.2, 0.25) is 10.0 Å². The molecule has 1 heterocycles. The SMILES string of the molecule is O=C(O)c1ccc(S(=O)(=O)N2CC=CCC3(CC3)C2)c(F)c1. The number of rotatable bonds is 3. The predicted octanol–water partition coefficient (Wildman–Crippen LogP) is 2.25. The summed E-state index contributed by atoms with van der Waals surface area (Å²) in [6, 6.07) is 2.89. The number of sulfonamides is 1. The van der Waals surface area contributed by atoms with E-state index in [-0.39, 0.29) is 17.5 Å². The van der Waals surface area contributed by atoms with Gasteiger partial charge in [-0.2, -0.15) is 4.31 Å². The first-order chi connectivity index (χ1) is 10.3. The normalized spacial score (nSPS) is 20.8. The number of benzene rings is 1. The lowest BCUT2D eigenvalue weighted by atomic mass is 10.0. The Balaban J connectivity index is 1.95. The Labute approximate surface area is 128 Å². The van der Waals surface area contributed by atoms with Crippen molar-refractivity contribution in [3.8, 4) is 0 Å². The second kappa shape index (κ2) is 5.17. The second-order valence-electron chi connectivity index (χ2n) is 5.92. The molecule has 0 saturated heterocycles. The monoisotopic (exact) mass is 325 g/mol. The van der Waals surface area contributed by atoms with Crippen LogP contribution in [0.5, 0.6) is 0 Å². The third kappa shape index (κ3) is 2.66. The predicted molar refractivity (Wildman–Crippen MR) is 77.5 cm³/mol. The number of hydrogen-bond acceptors (Lipinski definition) is 3. The molecule has 0 amide bonds. The fourth-order valence-electron chi connectivity index (χ4n) is 2.73. The molecule has 1 aromatic rings. The Bertz CT molecular complexity index is 753. The first-order valence-corrected chi connectivity index (χ1v) is 8.46. The summed E-state index contributed by atoms with van der Waals surface area (Å²) < 4.78 is 40.7. The Hall–Kier alpha value is -1.73. The van der Waals surface area contributed by atoms with Crippen LogP contribution in [0.15, 0.2) is 35.2 Å². The highest BCUT2D eigenvalue weighted by atomic mass is 32.2. The summed E-state index contributed by atoms with van der Waals surface area (Å²) in [6.45, 7) is 0.590. The van der Waals surface area contributed by atoms with Crippen molar-refractivity contribution >= 4 is 16.0 Å². The highest BCUT2D eigenvalue weighted by Gasteiger charge is 2.46. The first kappa shape index (κ1) is 15.2. The highest BCUT2D eigenvalue weighted by molar-refractivity contribution is 7.89. The number of aromatic carboxylic acids is 1. The fraction of sp³-hybridized carbons (Fsp3) is 0.400. The zero-order valence-electron chi connectivity index (χ0n) is 11.8. The van der Waals surface area contributed by atoms with Gasteiger partial charge in [-0.3, -0.25) is 0 Å². The van der Waals surface area contributed by atoms with E-state index < -0.39 is 26.7 Å². The molecule has 1 aliphatic heterocycles. The van der Waals surface area contributed by atoms with E-state index in [0.717, 1.165) is 37.5 Å². The summed E-state index contributed by atoms with van der Waals surface area (Å²) in [6.07, 6.45) is 6.56. The number of hydrogen-bond donors (Lipinski definition) is 1. The van der Waals surface area contributed by atoms with E-state index in [4.69, 9.17) is 5.11 Å². The smallest absolute Gasteiger partial charge is 0.335 e. The van der Waals surface area contributed by atoms with E-state index in [1.165, 1.54) is 4.31 Å². The lowest BCUT2D eigenvalue weighted by Crippen LogP contribution is -2.35. The van der Waals surface area contributed by atoms with E-state index in [0.29, 0.717) is 6.54 Å². The van der Waals surface area contributed by atoms with Crippen molar-refractivity contribution in [3.05, 3.63) is 41.7 Å². The molecular formula is C15H16FNO4S. The molecule has 22 heavy (non-hydrogen) atoms. The van der Waals surface area contributed by atoms with Gasteiger partial charge in [-0.1, -0.05) is 12.2 Å². The molecule has 1 aromatic carbocycles. The van der Waals surface area contributed by atoms with Gasteiger partial charge in [0.05, 0.1) is 5.56 Å². The maximum absolute atomic E-state index is 14.1. The Kier molecular flexibility index (Phi) is 3.57. The number of halogens is 1. The van der Waals surface area contributed by atoms with E-state index in [2.05, 4.69) is 0 Å². The van der Waals surface area contributed by atoms with E-state index >= 15 is 0 Å². The Morgan fingerprint density at radius 2 is 2.00 bits per heavy atom. The van der Waals surface area contributed by atoms with Gasteiger partial charge in [0.15, 0.2) is 0 Å². The van der Waals surface area contributed by atoms with Crippen LogP contribution in [-0.4, -0.2) is 36.9 Å². The van der Waals surface area contributed by atoms with Crippen LogP contribution >= 0.6 is 0 Å². The molecule has 1 spiro atoms. The molecule has 1 aliphatic carbocycles. The van der Waals surface area contributed by atoms with Gasteiger partial charge in [0.25, 0.3) is 0 Å². The molecule has 118 valence electrons. The molecule has 3 rings (SSSR count). The van der Waals surface area contributed by atoms with Crippen LogP contribution in [0.3, 0.4) is 0 Å². The maximum atomic E-state index is 14.1. The molecule has 0 atom stereocenters. The summed E-state index contributed by atoms with van der Waals surface area (Å²) in [5.74, 6) is -2.32. The second-order valence-corrected chi connectivity index (χ2v) is 7.83. The summed E-state index contributed by atoms with van der Waals surface area (Å²) in [7, 11) is -3.98. The molecule has 1 saturated carbocycles. The molecule has 0 bridgehead atoms. The van der Waals surface area contributed by atoms with Crippen LogP contribution in [0.1, 0.15) is 29.6 Å². The number of nitrogens with zero attached hydrogens (tertiary/aromatic N) is 1. The summed E-state index contributed by atoms with van der Waals surface area (Å²) >= 11 is 0. The lowest BCUT2D eigenvalue weighted by molar-refractivity contribution is 0.0696. The number of allylic oxidation sites excluding steroid dienone is 1. The summed E-state index contributed by atoms with van der Waals surface area (Å²) in [5.41, 5.74) is -0.275. The zero-order chi connectivity index (χ0) is 16.0. The number of carbonyl (C=O) groups is 1. The van der Waals surface area contributed by atoms with Crippen LogP contribution in [0.25, 0.3) is 0 Å². The minimum Gasteiger partial charge on any atom is -0.478 e. The molecule has 0 aromatic heterocycles. The fourth-order valence-corrected chi connectivity index (χ4v) is 4.28. The third-order valence-electron chi connectivity index (χ3n) is 4.29. The van der Waals surface area contributed by atoms with Crippen molar-refractivity contribution in [3.63, 3.8) is 0 Å². The van der Waals surface area contributed by atoms with E-state index in [1.54, 1.807) is 6.08 Å². The third-order valence-corrected chi connectivity index (χ3v) is 6.14. The van der Waals surface area contributed by atoms with Gasteiger partial charge >= 0.3 is 5.97 Å². The molecule has 0 radical (unpaired) electrons. The van der Waals surface area contributed by atoms with Crippen molar-refractivity contribution in [1.29, 1.82) is 0 Å². The molecule has 7 heteroatoms. The molecule has 1 fully saturated rings. The molecule has 0 unspecified atom stereocenters. The number of carboxylic acid groups (broad SMARTS) is 1. The quantitative estimate of drug-likeness (QED) is 0.865. The van der Waals surface area contributed by atoms with Crippen molar-refractivity contribution in [2.75, 3.05) is 13.1 Å². The Morgan fingerprint density at radius 3 is 2.59 bits per heavy atom. The van der Waals surface area contributed by atoms with Crippen molar-refractivity contribution < 1.29 is 22.7 Å². The zero-order valence-corrected chi connectivity index (χ0v) is 12.6. The van der Waals surface area contributed by atoms with Crippen molar-refractivity contribution in [2.24, 2.45) is 5.41 Å². The van der Waals surface area contributed by atoms with Crippen LogP contribution in [0, 0.1) is 11.2 Å². The van der Waals surface area contributed by atoms with Crippen LogP contribution in [-0.2, 0) is 10.0 Å². The van der Waals surface area contributed by atoms with Gasteiger partial charge in [-0.15, -0.1) is 0 Å². The standard InChI is InChI=1S/C15H16FNO4S/c16-12-9-11(14(18)19)3-4-13(12)22(20,21)17-8-2-1-5-15(10-17)6-7-15/h1-4,9H,5-8,10H2,(H,18,19). The van der Waals surface area contributed by atoms with Gasteiger partial charge in [-0.25, -0.2) is 17.6 Å². The van der Waals surface area contributed by atoms with Crippen LogP contribution < -0.4 is 0 Å². The van der Waals surface area contributed by atoms with Crippen molar-refractivity contribution in [2.45, 2.75) is 24.2 Å². The van der Waals surface area contributed by atoms with Crippen LogP contribution in [0.2, 0.25) is 0 Å². The average molecular weight is 325 g/mol. The van der Waals surface area contributed by atoms with Crippen molar-refractivity contribution in [1.82, 2.24) is 4.31 Å². The minimum absolute atomic E-state index is 0.00243. The first-order valence-electron chi connectivity index (χ1n) is 7.02. The van der Waals surface area contributed by atoms with Crippen LogP contribution in [0.4, 0.5) is 4.39 Å². The minimum atomic E-state index is -3.98. The van der Waals surface area contributed by atoms with E-state index in [9.17, 15) is 17.6 Å². The maximum Gasteiger partial charge on any atom is 0.335 e. The van der Waals surface area contributed by atoms with Gasteiger partial charge in [0.1, 0.15) is 10.7 Å². The molecule has 5 nitrogen and oxygen atoms in total. The van der Waals surface area contributed by atoms with Gasteiger partial charge in [-0.05, 0) is 42.9 Å². The van der Waals surface area contributed by atoms with Gasteiger partial charge < -0.3 is 5.11 Å². The van der Waals surface area contributed by atoms with Gasteiger partial charge in [0, 0.05) is 13.1 Å². The lowest BCUT2D eigenvalue weighted by Gasteiger charge is -2.23. The summed E-state index contributed by atoms with van der Waals surface area (Å²) in [5, 5.41) is 8.83. The number of carboxylic acids is 1. The molecule has 1 N–H and O–H groups in total. The Morgan fingerprint density at radius 1 is 1.27 bits per heavy atom. The largest absolute Gasteiger partial charge is 0.478 e.